The van der Waals surface area contributed by atoms with Crippen molar-refractivity contribution in [2.24, 2.45) is 0 Å². The first-order chi connectivity index (χ1) is 12.9. The summed E-state index contributed by atoms with van der Waals surface area (Å²) in [6, 6.07) is 17.5. The molecule has 0 radical (unpaired) electrons. The summed E-state index contributed by atoms with van der Waals surface area (Å²) >= 11 is 0. The quantitative estimate of drug-likeness (QED) is 0.508. The molecule has 0 saturated carbocycles. The van der Waals surface area contributed by atoms with Gasteiger partial charge in [-0.05, 0) is 67.8 Å². The molecule has 27 heavy (non-hydrogen) atoms. The van der Waals surface area contributed by atoms with Gasteiger partial charge in [-0.25, -0.2) is 4.79 Å². The number of rotatable bonds is 3. The molecule has 0 saturated heterocycles. The first-order valence-corrected chi connectivity index (χ1v) is 8.84. The predicted molar refractivity (Wildman–Crippen MR) is 108 cm³/mol. The Morgan fingerprint density at radius 1 is 0.852 bits per heavy atom. The number of aryl methyl sites for hydroxylation is 3. The number of aromatic amines is 1. The Balaban J connectivity index is 1.80. The van der Waals surface area contributed by atoms with Crippen LogP contribution in [0.1, 0.15) is 27.3 Å². The number of fused-ring (bicyclic) bond motifs is 1. The van der Waals surface area contributed by atoms with Crippen LogP contribution in [0.2, 0.25) is 0 Å². The second-order valence-corrected chi connectivity index (χ2v) is 6.91. The third kappa shape index (κ3) is 3.10. The van der Waals surface area contributed by atoms with Gasteiger partial charge in [-0.1, -0.05) is 24.3 Å². The SMILES string of the molecule is Cc1cc(-c2[nH]c3cc(-c4ccc(C(=O)O)cc4)ccc3c2C)cc(C)n1. The van der Waals surface area contributed by atoms with Crippen LogP contribution >= 0.6 is 0 Å². The molecule has 2 heterocycles. The van der Waals surface area contributed by atoms with Crippen molar-refractivity contribution in [2.75, 3.05) is 0 Å². The van der Waals surface area contributed by atoms with Crippen molar-refractivity contribution < 1.29 is 9.90 Å². The van der Waals surface area contributed by atoms with Crippen LogP contribution in [-0.2, 0) is 0 Å². The van der Waals surface area contributed by atoms with E-state index in [0.29, 0.717) is 5.56 Å². The van der Waals surface area contributed by atoms with E-state index in [2.05, 4.69) is 47.2 Å². The van der Waals surface area contributed by atoms with Crippen molar-refractivity contribution in [3.63, 3.8) is 0 Å². The maximum atomic E-state index is 11.0. The fraction of sp³-hybridized carbons (Fsp3) is 0.130. The summed E-state index contributed by atoms with van der Waals surface area (Å²) in [6.45, 7) is 6.14. The number of pyridine rings is 1. The minimum absolute atomic E-state index is 0.293. The van der Waals surface area contributed by atoms with Crippen molar-refractivity contribution in [1.29, 1.82) is 0 Å². The molecule has 0 fully saturated rings. The largest absolute Gasteiger partial charge is 0.478 e. The topological polar surface area (TPSA) is 66.0 Å². The molecule has 0 atom stereocenters. The molecule has 4 aromatic rings. The predicted octanol–water partition coefficient (Wildman–Crippen LogP) is 5.52. The van der Waals surface area contributed by atoms with Crippen molar-refractivity contribution in [3.8, 4) is 22.4 Å². The Bertz CT molecular complexity index is 1150. The average molecular weight is 356 g/mol. The van der Waals surface area contributed by atoms with Gasteiger partial charge in [0.25, 0.3) is 0 Å². The molecular formula is C23H20N2O2. The van der Waals surface area contributed by atoms with Crippen LogP contribution in [0.3, 0.4) is 0 Å². The van der Waals surface area contributed by atoms with Gasteiger partial charge in [0.05, 0.1) is 5.56 Å². The van der Waals surface area contributed by atoms with Crippen molar-refractivity contribution in [3.05, 3.63) is 77.1 Å². The van der Waals surface area contributed by atoms with Gasteiger partial charge in [0.15, 0.2) is 0 Å². The Labute approximate surface area is 157 Å². The summed E-state index contributed by atoms with van der Waals surface area (Å²) in [5.74, 6) is -0.912. The Morgan fingerprint density at radius 2 is 1.48 bits per heavy atom. The third-order valence-corrected chi connectivity index (χ3v) is 4.89. The Hall–Kier alpha value is -3.40. The number of carboxylic acid groups (broad SMARTS) is 1. The fourth-order valence-corrected chi connectivity index (χ4v) is 3.59. The maximum absolute atomic E-state index is 11.0. The summed E-state index contributed by atoms with van der Waals surface area (Å²) in [6.07, 6.45) is 0. The zero-order chi connectivity index (χ0) is 19.1. The molecule has 134 valence electrons. The number of carbonyl (C=O) groups is 1. The molecule has 4 heteroatoms. The molecule has 4 rings (SSSR count). The highest BCUT2D eigenvalue weighted by Gasteiger charge is 2.12. The first kappa shape index (κ1) is 17.0. The monoisotopic (exact) mass is 356 g/mol. The lowest BCUT2D eigenvalue weighted by Gasteiger charge is -2.04. The molecule has 0 aliphatic rings. The number of H-pyrrole nitrogens is 1. The number of hydrogen-bond donors (Lipinski definition) is 2. The molecule has 4 nitrogen and oxygen atoms in total. The van der Waals surface area contributed by atoms with E-state index in [1.807, 2.05) is 26.0 Å². The van der Waals surface area contributed by atoms with Crippen LogP contribution in [0.15, 0.2) is 54.6 Å². The molecular weight excluding hydrogens is 336 g/mol. The van der Waals surface area contributed by atoms with Crippen LogP contribution in [0.25, 0.3) is 33.3 Å². The smallest absolute Gasteiger partial charge is 0.335 e. The van der Waals surface area contributed by atoms with Gasteiger partial charge in [0.1, 0.15) is 0 Å². The zero-order valence-electron chi connectivity index (χ0n) is 15.5. The number of aromatic nitrogens is 2. The lowest BCUT2D eigenvalue weighted by molar-refractivity contribution is 0.0697. The van der Waals surface area contributed by atoms with Gasteiger partial charge in [0.2, 0.25) is 0 Å². The van der Waals surface area contributed by atoms with Gasteiger partial charge in [-0.15, -0.1) is 0 Å². The van der Waals surface area contributed by atoms with Gasteiger partial charge in [0, 0.05) is 33.5 Å². The van der Waals surface area contributed by atoms with E-state index in [1.165, 1.54) is 10.9 Å². The Morgan fingerprint density at radius 3 is 2.11 bits per heavy atom. The number of nitrogens with zero attached hydrogens (tertiary/aromatic N) is 1. The summed E-state index contributed by atoms with van der Waals surface area (Å²) in [7, 11) is 0. The van der Waals surface area contributed by atoms with Crippen LogP contribution < -0.4 is 0 Å². The molecule has 0 bridgehead atoms. The highest BCUT2D eigenvalue weighted by molar-refractivity contribution is 5.93. The van der Waals surface area contributed by atoms with Crippen LogP contribution in [0.5, 0.6) is 0 Å². The Kier molecular flexibility index (Phi) is 4.04. The maximum Gasteiger partial charge on any atom is 0.335 e. The summed E-state index contributed by atoms with van der Waals surface area (Å²) < 4.78 is 0. The molecule has 0 amide bonds. The molecule has 0 unspecified atom stereocenters. The summed E-state index contributed by atoms with van der Waals surface area (Å²) in [4.78, 5) is 19.1. The van der Waals surface area contributed by atoms with E-state index in [9.17, 15) is 4.79 Å². The van der Waals surface area contributed by atoms with Gasteiger partial charge in [-0.3, -0.25) is 4.98 Å². The molecule has 0 aliphatic carbocycles. The number of benzene rings is 2. The highest BCUT2D eigenvalue weighted by Crippen LogP contribution is 2.33. The van der Waals surface area contributed by atoms with Crippen molar-refractivity contribution in [1.82, 2.24) is 9.97 Å². The van der Waals surface area contributed by atoms with Crippen molar-refractivity contribution in [2.45, 2.75) is 20.8 Å². The van der Waals surface area contributed by atoms with Crippen LogP contribution in [-0.4, -0.2) is 21.0 Å². The first-order valence-electron chi connectivity index (χ1n) is 8.84. The lowest BCUT2D eigenvalue weighted by Crippen LogP contribution is -1.94. The van der Waals surface area contributed by atoms with E-state index in [4.69, 9.17) is 5.11 Å². The number of carboxylic acids is 1. The van der Waals surface area contributed by atoms with E-state index >= 15 is 0 Å². The second-order valence-electron chi connectivity index (χ2n) is 6.91. The van der Waals surface area contributed by atoms with E-state index < -0.39 is 5.97 Å². The third-order valence-electron chi connectivity index (χ3n) is 4.89. The van der Waals surface area contributed by atoms with Gasteiger partial charge in [-0.2, -0.15) is 0 Å². The van der Waals surface area contributed by atoms with E-state index in [1.54, 1.807) is 12.1 Å². The second kappa shape index (κ2) is 6.40. The minimum atomic E-state index is -0.912. The van der Waals surface area contributed by atoms with E-state index in [-0.39, 0.29) is 0 Å². The number of aromatic carboxylic acids is 1. The highest BCUT2D eigenvalue weighted by atomic mass is 16.4. The zero-order valence-corrected chi connectivity index (χ0v) is 15.5. The van der Waals surface area contributed by atoms with Crippen LogP contribution in [0, 0.1) is 20.8 Å². The number of hydrogen-bond acceptors (Lipinski definition) is 2. The fourth-order valence-electron chi connectivity index (χ4n) is 3.59. The standard InChI is InChI=1S/C23H20N2O2/c1-13-10-19(11-14(2)24-13)22-15(3)20-9-8-18(12-21(20)25-22)16-4-6-17(7-5-16)23(26)27/h4-12,25H,1-3H3,(H,26,27). The van der Waals surface area contributed by atoms with Gasteiger partial charge >= 0.3 is 5.97 Å². The number of nitrogens with one attached hydrogen (secondary N) is 1. The summed E-state index contributed by atoms with van der Waals surface area (Å²) in [5, 5.41) is 10.2. The molecule has 2 N–H and O–H groups in total. The van der Waals surface area contributed by atoms with Crippen molar-refractivity contribution >= 4 is 16.9 Å². The molecule has 0 spiro atoms. The minimum Gasteiger partial charge on any atom is -0.478 e. The molecule has 2 aromatic heterocycles. The van der Waals surface area contributed by atoms with Crippen LogP contribution in [0.4, 0.5) is 0 Å². The van der Waals surface area contributed by atoms with E-state index in [0.717, 1.165) is 39.3 Å². The summed E-state index contributed by atoms with van der Waals surface area (Å²) in [5.41, 5.74) is 8.86. The van der Waals surface area contributed by atoms with Gasteiger partial charge < -0.3 is 10.1 Å². The molecule has 0 aliphatic heterocycles. The molecule has 2 aromatic carbocycles. The lowest BCUT2D eigenvalue weighted by atomic mass is 10.0. The average Bonchev–Trinajstić information content (AvgIpc) is 2.97. The normalized spacial score (nSPS) is 11.1.